The highest BCUT2D eigenvalue weighted by Crippen LogP contribution is 2.40. The van der Waals surface area contributed by atoms with E-state index in [-0.39, 0.29) is 0 Å². The molecule has 0 aliphatic rings. The third-order valence-corrected chi connectivity index (χ3v) is 4.99. The van der Waals surface area contributed by atoms with Gasteiger partial charge in [-0.2, -0.15) is 0 Å². The predicted octanol–water partition coefficient (Wildman–Crippen LogP) is 6.39. The maximum Gasteiger partial charge on any atom is 0.161 e. The molecule has 0 bridgehead atoms. The van der Waals surface area contributed by atoms with Crippen molar-refractivity contribution in [1.82, 2.24) is 5.32 Å². The Morgan fingerprint density at radius 3 is 2.29 bits per heavy atom. The Morgan fingerprint density at radius 2 is 1.75 bits per heavy atom. The molecule has 0 aliphatic carbocycles. The summed E-state index contributed by atoms with van der Waals surface area (Å²) in [6.45, 7) is 10.7. The number of rotatable bonds is 3. The van der Waals surface area contributed by atoms with E-state index < -0.39 is 0 Å². The smallest absolute Gasteiger partial charge is 0.161 e. The van der Waals surface area contributed by atoms with E-state index >= 15 is 0 Å². The van der Waals surface area contributed by atoms with Crippen LogP contribution >= 0.6 is 27.7 Å². The number of para-hydroxylation sites is 1. The fourth-order valence-corrected chi connectivity index (χ4v) is 3.91. The van der Waals surface area contributed by atoms with Crippen LogP contribution in [0.1, 0.15) is 30.5 Å². The van der Waals surface area contributed by atoms with E-state index in [4.69, 9.17) is 4.99 Å². The van der Waals surface area contributed by atoms with Crippen LogP contribution in [0.5, 0.6) is 0 Å². The van der Waals surface area contributed by atoms with Gasteiger partial charge in [-0.25, -0.2) is 4.99 Å². The number of aliphatic imine (C=N–C) groups is 1. The van der Waals surface area contributed by atoms with Crippen LogP contribution in [-0.2, 0) is 0 Å². The minimum absolute atomic E-state index is 0.352. The molecule has 0 heterocycles. The Hall–Kier alpha value is -1.26. The number of nitrogens with zero attached hydrogens (tertiary/aromatic N) is 1. The SMILES string of the molecule is CS/C(=N\c1c(Br)cccc1-c1c(C)cc(C)cc1C)NC(C)C. The van der Waals surface area contributed by atoms with Gasteiger partial charge in [0.05, 0.1) is 5.69 Å². The minimum Gasteiger partial charge on any atom is -0.362 e. The zero-order chi connectivity index (χ0) is 17.9. The standard InChI is InChI=1S/C20H25BrN2S/c1-12(2)22-20(24-6)23-19-16(8-7-9-17(19)21)18-14(4)10-13(3)11-15(18)5/h7-12H,1-6H3,(H,22,23). The van der Waals surface area contributed by atoms with Crippen LogP contribution in [0, 0.1) is 20.8 Å². The highest BCUT2D eigenvalue weighted by molar-refractivity contribution is 9.10. The number of benzene rings is 2. The summed E-state index contributed by atoms with van der Waals surface area (Å²) in [6, 6.07) is 11.1. The summed E-state index contributed by atoms with van der Waals surface area (Å²) in [5, 5.41) is 4.35. The number of halogens is 1. The van der Waals surface area contributed by atoms with Crippen LogP contribution in [0.4, 0.5) is 5.69 Å². The number of aryl methyl sites for hydroxylation is 3. The molecule has 0 radical (unpaired) electrons. The van der Waals surface area contributed by atoms with E-state index in [1.54, 1.807) is 11.8 Å². The van der Waals surface area contributed by atoms with Gasteiger partial charge in [-0.05, 0) is 79.6 Å². The van der Waals surface area contributed by atoms with Gasteiger partial charge in [0.2, 0.25) is 0 Å². The molecule has 0 amide bonds. The number of nitrogens with one attached hydrogen (secondary N) is 1. The Kier molecular flexibility index (Phi) is 6.53. The second-order valence-electron chi connectivity index (χ2n) is 6.33. The third-order valence-electron chi connectivity index (χ3n) is 3.75. The first-order valence-electron chi connectivity index (χ1n) is 8.09. The van der Waals surface area contributed by atoms with E-state index in [0.29, 0.717) is 6.04 Å². The molecule has 128 valence electrons. The number of amidine groups is 1. The quantitative estimate of drug-likeness (QED) is 0.473. The lowest BCUT2D eigenvalue weighted by Crippen LogP contribution is -2.27. The number of thioether (sulfide) groups is 1. The van der Waals surface area contributed by atoms with Gasteiger partial charge in [0.25, 0.3) is 0 Å². The summed E-state index contributed by atoms with van der Waals surface area (Å²) in [6.07, 6.45) is 2.05. The monoisotopic (exact) mass is 404 g/mol. The van der Waals surface area contributed by atoms with Crippen molar-refractivity contribution >= 4 is 38.5 Å². The highest BCUT2D eigenvalue weighted by Gasteiger charge is 2.14. The van der Waals surface area contributed by atoms with Gasteiger partial charge in [-0.15, -0.1) is 0 Å². The molecule has 0 aliphatic heterocycles. The lowest BCUT2D eigenvalue weighted by Gasteiger charge is -2.16. The van der Waals surface area contributed by atoms with Crippen LogP contribution in [0.25, 0.3) is 11.1 Å². The molecule has 2 aromatic rings. The summed E-state index contributed by atoms with van der Waals surface area (Å²) < 4.78 is 1.01. The fraction of sp³-hybridized carbons (Fsp3) is 0.350. The summed E-state index contributed by atoms with van der Waals surface area (Å²) >= 11 is 5.32. The van der Waals surface area contributed by atoms with Gasteiger partial charge >= 0.3 is 0 Å². The first-order valence-corrected chi connectivity index (χ1v) is 10.1. The predicted molar refractivity (Wildman–Crippen MR) is 113 cm³/mol. The maximum absolute atomic E-state index is 4.92. The van der Waals surface area contributed by atoms with Crippen molar-refractivity contribution in [3.63, 3.8) is 0 Å². The first kappa shape index (κ1) is 19.1. The van der Waals surface area contributed by atoms with Gasteiger partial charge in [0.15, 0.2) is 5.17 Å². The van der Waals surface area contributed by atoms with E-state index in [2.05, 4.69) is 86.2 Å². The Balaban J connectivity index is 2.66. The van der Waals surface area contributed by atoms with Crippen LogP contribution in [-0.4, -0.2) is 17.5 Å². The van der Waals surface area contributed by atoms with Crippen molar-refractivity contribution in [3.8, 4) is 11.1 Å². The van der Waals surface area contributed by atoms with Crippen molar-refractivity contribution < 1.29 is 0 Å². The molecular formula is C20H25BrN2S. The molecule has 4 heteroatoms. The number of hydrogen-bond donors (Lipinski definition) is 1. The van der Waals surface area contributed by atoms with Gasteiger partial charge in [0.1, 0.15) is 0 Å². The zero-order valence-electron chi connectivity index (χ0n) is 15.2. The first-order chi connectivity index (χ1) is 11.3. The Morgan fingerprint density at radius 1 is 1.12 bits per heavy atom. The van der Waals surface area contributed by atoms with Crippen molar-refractivity contribution in [2.24, 2.45) is 4.99 Å². The molecule has 0 fully saturated rings. The van der Waals surface area contributed by atoms with E-state index in [1.807, 2.05) is 6.26 Å². The van der Waals surface area contributed by atoms with Crippen LogP contribution < -0.4 is 5.32 Å². The van der Waals surface area contributed by atoms with Gasteiger partial charge < -0.3 is 5.32 Å². The highest BCUT2D eigenvalue weighted by atomic mass is 79.9. The molecule has 0 unspecified atom stereocenters. The molecule has 0 aromatic heterocycles. The minimum atomic E-state index is 0.352. The van der Waals surface area contributed by atoms with E-state index in [1.165, 1.54) is 22.3 Å². The van der Waals surface area contributed by atoms with Crippen LogP contribution in [0.2, 0.25) is 0 Å². The molecule has 2 aromatic carbocycles. The lowest BCUT2D eigenvalue weighted by atomic mass is 9.93. The van der Waals surface area contributed by atoms with Crippen LogP contribution in [0.15, 0.2) is 39.8 Å². The maximum atomic E-state index is 4.92. The fourth-order valence-electron chi connectivity index (χ4n) is 2.92. The molecule has 0 saturated heterocycles. The summed E-state index contributed by atoms with van der Waals surface area (Å²) in [4.78, 5) is 4.92. The normalized spacial score (nSPS) is 11.9. The van der Waals surface area contributed by atoms with Gasteiger partial charge in [0, 0.05) is 16.1 Å². The van der Waals surface area contributed by atoms with Gasteiger partial charge in [-0.1, -0.05) is 41.6 Å². The van der Waals surface area contributed by atoms with Crippen molar-refractivity contribution in [1.29, 1.82) is 0 Å². The molecule has 0 spiro atoms. The second-order valence-corrected chi connectivity index (χ2v) is 7.98. The average Bonchev–Trinajstić information content (AvgIpc) is 2.48. The van der Waals surface area contributed by atoms with Crippen molar-refractivity contribution in [2.75, 3.05) is 6.26 Å². The Bertz CT molecular complexity index is 743. The number of hydrogen-bond acceptors (Lipinski definition) is 2. The lowest BCUT2D eigenvalue weighted by molar-refractivity contribution is 0.740. The third kappa shape index (κ3) is 4.42. The summed E-state index contributed by atoms with van der Waals surface area (Å²) in [5.74, 6) is 0. The van der Waals surface area contributed by atoms with Crippen molar-refractivity contribution in [3.05, 3.63) is 51.5 Å². The molecule has 1 N–H and O–H groups in total. The molecule has 2 rings (SSSR count). The second kappa shape index (κ2) is 8.21. The molecular weight excluding hydrogens is 380 g/mol. The largest absolute Gasteiger partial charge is 0.362 e. The topological polar surface area (TPSA) is 24.4 Å². The molecule has 0 atom stereocenters. The van der Waals surface area contributed by atoms with Crippen molar-refractivity contribution in [2.45, 2.75) is 40.7 Å². The van der Waals surface area contributed by atoms with E-state index in [9.17, 15) is 0 Å². The zero-order valence-corrected chi connectivity index (χ0v) is 17.6. The van der Waals surface area contributed by atoms with Gasteiger partial charge in [-0.3, -0.25) is 0 Å². The summed E-state index contributed by atoms with van der Waals surface area (Å²) in [5.41, 5.74) is 7.27. The average molecular weight is 405 g/mol. The summed E-state index contributed by atoms with van der Waals surface area (Å²) in [7, 11) is 0. The van der Waals surface area contributed by atoms with Crippen LogP contribution in [0.3, 0.4) is 0 Å². The molecule has 2 nitrogen and oxygen atoms in total. The molecule has 24 heavy (non-hydrogen) atoms. The van der Waals surface area contributed by atoms with E-state index in [0.717, 1.165) is 20.9 Å². The molecule has 0 saturated carbocycles. The Labute approximate surface area is 158 Å².